The Balaban J connectivity index is 1.63. The van der Waals surface area contributed by atoms with Crippen LogP contribution in [0.1, 0.15) is 18.4 Å². The number of para-hydroxylation sites is 1. The number of benzene rings is 1. The van der Waals surface area contributed by atoms with Crippen molar-refractivity contribution in [1.29, 1.82) is 0 Å². The Bertz CT molecular complexity index is 775. The lowest BCUT2D eigenvalue weighted by molar-refractivity contribution is -0.121. The van der Waals surface area contributed by atoms with Crippen LogP contribution < -0.4 is 5.32 Å². The Hall–Kier alpha value is -2.60. The predicted molar refractivity (Wildman–Crippen MR) is 81.1 cm³/mol. The number of hydrogen-bond donors (Lipinski definition) is 3. The summed E-state index contributed by atoms with van der Waals surface area (Å²) < 4.78 is 5.18. The molecule has 0 spiro atoms. The largest absolute Gasteiger partial charge is 0.466 e. The molecule has 0 radical (unpaired) electrons. The second-order valence-electron chi connectivity index (χ2n) is 5.42. The number of fused-ring (bicyclic) bond motifs is 1. The molecular weight excluding hydrogens is 282 g/mol. The third-order valence-corrected chi connectivity index (χ3v) is 3.56. The first-order valence-corrected chi connectivity index (χ1v) is 7.01. The van der Waals surface area contributed by atoms with Gasteiger partial charge in [-0.1, -0.05) is 18.2 Å². The minimum atomic E-state index is -1.24. The van der Waals surface area contributed by atoms with Crippen LogP contribution in [0.3, 0.4) is 0 Å². The number of H-pyrrole nitrogens is 1. The molecule has 0 fully saturated rings. The zero-order chi connectivity index (χ0) is 15.6. The fourth-order valence-corrected chi connectivity index (χ4v) is 2.31. The maximum absolute atomic E-state index is 12.1. The van der Waals surface area contributed by atoms with E-state index in [0.29, 0.717) is 5.76 Å². The summed E-state index contributed by atoms with van der Waals surface area (Å²) in [5.41, 5.74) is 0.341. The molecule has 1 atom stereocenters. The molecule has 3 N–H and O–H groups in total. The maximum atomic E-state index is 12.1. The van der Waals surface area contributed by atoms with Crippen molar-refractivity contribution < 1.29 is 14.3 Å². The van der Waals surface area contributed by atoms with Gasteiger partial charge in [0.05, 0.1) is 30.4 Å². The van der Waals surface area contributed by atoms with Crippen molar-refractivity contribution in [2.24, 2.45) is 0 Å². The Morgan fingerprint density at radius 2 is 2.18 bits per heavy atom. The zero-order valence-corrected chi connectivity index (χ0v) is 12.2. The van der Waals surface area contributed by atoms with E-state index in [1.807, 2.05) is 24.3 Å². The molecule has 2 heterocycles. The average Bonchev–Trinajstić information content (AvgIpc) is 3.16. The average molecular weight is 299 g/mol. The Morgan fingerprint density at radius 1 is 1.36 bits per heavy atom. The minimum absolute atomic E-state index is 0.0748. The lowest BCUT2D eigenvalue weighted by Gasteiger charge is -2.21. The molecule has 3 aromatic rings. The molecule has 114 valence electrons. The van der Waals surface area contributed by atoms with Crippen LogP contribution in [0.15, 0.2) is 47.1 Å². The minimum Gasteiger partial charge on any atom is -0.466 e. The summed E-state index contributed by atoms with van der Waals surface area (Å²) in [6.07, 6.45) is 1.66. The second kappa shape index (κ2) is 5.65. The summed E-state index contributed by atoms with van der Waals surface area (Å²) in [5, 5.41) is 21.0. The highest BCUT2D eigenvalue weighted by molar-refractivity contribution is 5.87. The van der Waals surface area contributed by atoms with Crippen LogP contribution in [0.25, 0.3) is 10.9 Å². The molecule has 0 bridgehead atoms. The molecule has 3 rings (SSSR count). The summed E-state index contributed by atoms with van der Waals surface area (Å²) in [5.74, 6) is 0.223. The van der Waals surface area contributed by atoms with Gasteiger partial charge in [-0.2, -0.15) is 5.10 Å². The predicted octanol–water partition coefficient (Wildman–Crippen LogP) is 1.72. The van der Waals surface area contributed by atoms with Crippen LogP contribution in [0.4, 0.5) is 0 Å². The quantitative estimate of drug-likeness (QED) is 0.669. The van der Waals surface area contributed by atoms with Gasteiger partial charge in [-0.05, 0) is 25.1 Å². The first-order valence-electron chi connectivity index (χ1n) is 7.01. The number of hydrogen-bond acceptors (Lipinski definition) is 4. The highest BCUT2D eigenvalue weighted by Gasteiger charge is 2.26. The number of aromatic nitrogens is 2. The van der Waals surface area contributed by atoms with E-state index >= 15 is 0 Å². The van der Waals surface area contributed by atoms with Crippen molar-refractivity contribution in [3.05, 3.63) is 54.1 Å². The van der Waals surface area contributed by atoms with Gasteiger partial charge >= 0.3 is 0 Å². The van der Waals surface area contributed by atoms with Gasteiger partial charge in [0, 0.05) is 5.39 Å². The fourth-order valence-electron chi connectivity index (χ4n) is 2.31. The highest BCUT2D eigenvalue weighted by atomic mass is 16.4. The van der Waals surface area contributed by atoms with Gasteiger partial charge in [-0.25, -0.2) is 0 Å². The lowest BCUT2D eigenvalue weighted by atomic mass is 10.0. The second-order valence-corrected chi connectivity index (χ2v) is 5.42. The highest BCUT2D eigenvalue weighted by Crippen LogP contribution is 2.20. The molecule has 0 aliphatic rings. The number of aromatic amines is 1. The monoisotopic (exact) mass is 299 g/mol. The number of rotatable bonds is 5. The summed E-state index contributed by atoms with van der Waals surface area (Å²) >= 11 is 0. The van der Waals surface area contributed by atoms with Gasteiger partial charge < -0.3 is 14.8 Å². The van der Waals surface area contributed by atoms with Crippen molar-refractivity contribution >= 4 is 16.8 Å². The van der Waals surface area contributed by atoms with Crippen molar-refractivity contribution in [2.45, 2.75) is 18.9 Å². The van der Waals surface area contributed by atoms with E-state index in [9.17, 15) is 9.90 Å². The SMILES string of the molecule is CC(O)(CNC(=O)Cc1[nH]nc2ccccc12)c1ccco1. The number of carbonyl (C=O) groups is 1. The van der Waals surface area contributed by atoms with Gasteiger partial charge in [0.2, 0.25) is 5.91 Å². The van der Waals surface area contributed by atoms with Crippen molar-refractivity contribution in [1.82, 2.24) is 15.5 Å². The molecule has 1 unspecified atom stereocenters. The van der Waals surface area contributed by atoms with E-state index < -0.39 is 5.60 Å². The Labute approximate surface area is 127 Å². The lowest BCUT2D eigenvalue weighted by Crippen LogP contribution is -2.39. The molecule has 0 aliphatic heterocycles. The summed E-state index contributed by atoms with van der Waals surface area (Å²) in [6, 6.07) is 11.0. The van der Waals surface area contributed by atoms with Crippen molar-refractivity contribution in [3.8, 4) is 0 Å². The number of carbonyl (C=O) groups excluding carboxylic acids is 1. The van der Waals surface area contributed by atoms with E-state index in [4.69, 9.17) is 4.42 Å². The van der Waals surface area contributed by atoms with E-state index in [-0.39, 0.29) is 18.9 Å². The van der Waals surface area contributed by atoms with E-state index in [0.717, 1.165) is 16.6 Å². The first kappa shape index (κ1) is 14.3. The normalized spacial score (nSPS) is 13.9. The Morgan fingerprint density at radius 3 is 2.95 bits per heavy atom. The summed E-state index contributed by atoms with van der Waals surface area (Å²) in [7, 11) is 0. The smallest absolute Gasteiger partial charge is 0.226 e. The number of nitrogens with zero attached hydrogens (tertiary/aromatic N) is 1. The molecular formula is C16H17N3O3. The van der Waals surface area contributed by atoms with E-state index in [1.54, 1.807) is 19.1 Å². The van der Waals surface area contributed by atoms with Crippen LogP contribution in [-0.4, -0.2) is 27.8 Å². The number of furan rings is 1. The fraction of sp³-hybridized carbons (Fsp3) is 0.250. The van der Waals surface area contributed by atoms with Crippen molar-refractivity contribution in [3.63, 3.8) is 0 Å². The van der Waals surface area contributed by atoms with Crippen LogP contribution in [0, 0.1) is 0 Å². The third-order valence-electron chi connectivity index (χ3n) is 3.56. The third kappa shape index (κ3) is 2.87. The van der Waals surface area contributed by atoms with Gasteiger partial charge in [-0.15, -0.1) is 0 Å². The Kier molecular flexibility index (Phi) is 3.68. The van der Waals surface area contributed by atoms with Crippen LogP contribution in [0.5, 0.6) is 0 Å². The van der Waals surface area contributed by atoms with Crippen LogP contribution in [0.2, 0.25) is 0 Å². The maximum Gasteiger partial charge on any atom is 0.226 e. The van der Waals surface area contributed by atoms with Gasteiger partial charge in [0.1, 0.15) is 11.4 Å². The van der Waals surface area contributed by atoms with Gasteiger partial charge in [0.15, 0.2) is 0 Å². The molecule has 0 saturated heterocycles. The molecule has 22 heavy (non-hydrogen) atoms. The molecule has 0 aliphatic carbocycles. The molecule has 6 heteroatoms. The molecule has 0 saturated carbocycles. The standard InChI is InChI=1S/C16H17N3O3/c1-16(21,14-7-4-8-22-14)10-17-15(20)9-13-11-5-2-3-6-12(11)18-19-13/h2-8,21H,9-10H2,1H3,(H,17,20)(H,18,19). The van der Waals surface area contributed by atoms with Gasteiger partial charge in [0.25, 0.3) is 0 Å². The number of aliphatic hydroxyl groups is 1. The topological polar surface area (TPSA) is 91.2 Å². The number of nitrogens with one attached hydrogen (secondary N) is 2. The van der Waals surface area contributed by atoms with Crippen molar-refractivity contribution in [2.75, 3.05) is 6.54 Å². The zero-order valence-electron chi connectivity index (χ0n) is 12.2. The molecule has 6 nitrogen and oxygen atoms in total. The van der Waals surface area contributed by atoms with E-state index in [1.165, 1.54) is 6.26 Å². The van der Waals surface area contributed by atoms with Crippen LogP contribution in [-0.2, 0) is 16.8 Å². The van der Waals surface area contributed by atoms with E-state index in [2.05, 4.69) is 15.5 Å². The summed E-state index contributed by atoms with van der Waals surface area (Å²) in [6.45, 7) is 1.67. The first-order chi connectivity index (χ1) is 10.6. The number of amides is 1. The molecule has 2 aromatic heterocycles. The van der Waals surface area contributed by atoms with Crippen LogP contribution >= 0.6 is 0 Å². The molecule has 1 aromatic carbocycles. The molecule has 1 amide bonds. The van der Waals surface area contributed by atoms with Gasteiger partial charge in [-0.3, -0.25) is 9.89 Å². The summed E-state index contributed by atoms with van der Waals surface area (Å²) in [4.78, 5) is 12.1.